The van der Waals surface area contributed by atoms with Gasteiger partial charge in [-0.2, -0.15) is 5.26 Å². The Bertz CT molecular complexity index is 3540. The molecule has 7 aromatic carbocycles. The van der Waals surface area contributed by atoms with Gasteiger partial charge in [0.05, 0.1) is 42.1 Å². The third kappa shape index (κ3) is 8.66. The van der Waals surface area contributed by atoms with Crippen molar-refractivity contribution in [1.82, 2.24) is 14.5 Å². The van der Waals surface area contributed by atoms with Crippen molar-refractivity contribution >= 4 is 46.2 Å². The van der Waals surface area contributed by atoms with Crippen LogP contribution < -0.4 is 5.19 Å². The first kappa shape index (κ1) is 46.9. The third-order valence-corrected chi connectivity index (χ3v) is 20.1. The summed E-state index contributed by atoms with van der Waals surface area (Å²) in [5.41, 5.74) is 16.5. The summed E-state index contributed by atoms with van der Waals surface area (Å²) in [6.07, 6.45) is 7.51. The number of para-hydroxylation sites is 2. The molecular formula is C62H53FIrN4OSi-2. The second kappa shape index (κ2) is 19.6. The third-order valence-electron chi connectivity index (χ3n) is 14.6. The summed E-state index contributed by atoms with van der Waals surface area (Å²) in [7, 11) is -1.21. The second-order valence-electron chi connectivity index (χ2n) is 19.5. The van der Waals surface area contributed by atoms with Gasteiger partial charge in [-0.25, -0.2) is 0 Å². The Balaban J connectivity index is 0.000000215. The largest absolute Gasteiger partial charge is 0.500 e. The molecule has 0 N–H and O–H groups in total. The number of benzene rings is 7. The van der Waals surface area contributed by atoms with E-state index in [1.807, 2.05) is 30.3 Å². The number of rotatable bonds is 7. The minimum absolute atomic E-state index is 0. The topological polar surface area (TPSA) is 67.6 Å². The van der Waals surface area contributed by atoms with Gasteiger partial charge in [0.2, 0.25) is 0 Å². The van der Waals surface area contributed by atoms with Crippen molar-refractivity contribution in [3.63, 3.8) is 0 Å². The van der Waals surface area contributed by atoms with Crippen molar-refractivity contribution in [2.45, 2.75) is 83.3 Å². The Hall–Kier alpha value is -6.75. The van der Waals surface area contributed by atoms with Gasteiger partial charge in [-0.1, -0.05) is 160 Å². The van der Waals surface area contributed by atoms with Crippen molar-refractivity contribution < 1.29 is 28.9 Å². The van der Waals surface area contributed by atoms with Crippen LogP contribution in [-0.4, -0.2) is 22.6 Å². The maximum Gasteiger partial charge on any atom is 0.122 e. The number of imidazole rings is 1. The molecule has 0 aliphatic carbocycles. The summed E-state index contributed by atoms with van der Waals surface area (Å²) in [5.74, 6) is 1.02. The van der Waals surface area contributed by atoms with E-state index in [2.05, 4.69) is 148 Å². The van der Waals surface area contributed by atoms with Gasteiger partial charge in [0.15, 0.2) is 0 Å². The first-order chi connectivity index (χ1) is 33.7. The molecule has 12 rings (SSSR count). The van der Waals surface area contributed by atoms with Crippen molar-refractivity contribution in [3.05, 3.63) is 192 Å². The van der Waals surface area contributed by atoms with Crippen LogP contribution in [0.2, 0.25) is 18.1 Å². The number of halogens is 1. The van der Waals surface area contributed by atoms with Gasteiger partial charge in [0.1, 0.15) is 5.58 Å². The molecule has 10 aromatic rings. The number of hydrogen-bond donors (Lipinski definition) is 0. The molecule has 5 heterocycles. The van der Waals surface area contributed by atoms with E-state index in [0.717, 1.165) is 50.1 Å². The quantitative estimate of drug-likeness (QED) is 0.118. The van der Waals surface area contributed by atoms with Crippen LogP contribution in [-0.2, 0) is 26.5 Å². The Morgan fingerprint density at radius 1 is 0.714 bits per heavy atom. The molecule has 5 nitrogen and oxygen atoms in total. The van der Waals surface area contributed by atoms with E-state index >= 15 is 0 Å². The average molecular weight is 1110 g/mol. The molecule has 1 spiro atoms. The molecule has 0 amide bonds. The summed E-state index contributed by atoms with van der Waals surface area (Å²) in [4.78, 5) is 9.94. The SMILES string of the molecule is CC(C)c1cc(-c2ccc(-c3ccccc3)cc2)cc(C(C)C)c1-n1c(-c2[c-]ccc3c2oc2cc(C#N)ccc23)nc2ccccc21.Fc1c[c-]c(-c2cc3c(cn2)[Si]2(CCCC2)CCC3)cc1.[Ir]. The van der Waals surface area contributed by atoms with Crippen LogP contribution in [0.15, 0.2) is 156 Å². The number of hydrogen-bond acceptors (Lipinski definition) is 4. The average Bonchev–Trinajstić information content (AvgIpc) is 4.12. The van der Waals surface area contributed by atoms with Gasteiger partial charge in [-0.15, -0.1) is 48.0 Å². The zero-order valence-electron chi connectivity index (χ0n) is 39.9. The van der Waals surface area contributed by atoms with Gasteiger partial charge < -0.3 is 14.0 Å². The normalized spacial score (nSPS) is 13.9. The maximum atomic E-state index is 13.0. The molecule has 1 radical (unpaired) electrons. The standard InChI is InChI=1S/C44H34N3O.C18H19FNSi.Ir/c1-27(2)37-24-33(32-20-18-31(19-21-32)30-11-6-5-7-12-30)25-38(28(3)4)42(37)47-40-16-9-8-15-39(40)46-44(47)36-14-10-13-35-34-22-17-29(26-45)23-41(34)48-43(35)36;19-16-7-5-14(6-8-16)17-12-15-4-3-11-21(9-1-2-10-21)18(15)13-20-17;/h5-13,15-25,27-28H,1-4H3;5,7-8,12-13H,1-4,9-11H2;/q2*-1;. The molecule has 2 aliphatic rings. The smallest absolute Gasteiger partial charge is 0.122 e. The molecule has 2 aliphatic heterocycles. The van der Waals surface area contributed by atoms with Crippen LogP contribution in [0.4, 0.5) is 4.39 Å². The number of nitrogens with zero attached hydrogens (tertiary/aromatic N) is 4. The number of pyridine rings is 1. The van der Waals surface area contributed by atoms with Crippen LogP contribution in [0.5, 0.6) is 0 Å². The zero-order valence-corrected chi connectivity index (χ0v) is 43.3. The fourth-order valence-electron chi connectivity index (χ4n) is 11.1. The predicted octanol–water partition coefficient (Wildman–Crippen LogP) is 15.9. The molecular weight excluding hydrogens is 1060 g/mol. The summed E-state index contributed by atoms with van der Waals surface area (Å²) in [6.45, 7) is 9.07. The van der Waals surface area contributed by atoms with E-state index in [4.69, 9.17) is 14.4 Å². The van der Waals surface area contributed by atoms with Crippen molar-refractivity contribution in [2.24, 2.45) is 0 Å². The van der Waals surface area contributed by atoms with Crippen LogP contribution in [0, 0.1) is 29.3 Å². The number of aromatic nitrogens is 3. The maximum absolute atomic E-state index is 13.0. The Labute approximate surface area is 424 Å². The molecule has 1 saturated heterocycles. The minimum atomic E-state index is -1.21. The van der Waals surface area contributed by atoms with Gasteiger partial charge in [0, 0.05) is 43.2 Å². The monoisotopic (exact) mass is 1110 g/mol. The summed E-state index contributed by atoms with van der Waals surface area (Å²) < 4.78 is 21.9. The molecule has 0 atom stereocenters. The van der Waals surface area contributed by atoms with E-state index in [9.17, 15) is 9.65 Å². The minimum Gasteiger partial charge on any atom is -0.500 e. The molecule has 0 bridgehead atoms. The summed E-state index contributed by atoms with van der Waals surface area (Å²) in [5, 5.41) is 13.1. The number of aryl methyl sites for hydroxylation is 1. The predicted molar refractivity (Wildman–Crippen MR) is 282 cm³/mol. The fourth-order valence-corrected chi connectivity index (χ4v) is 16.6. The molecule has 0 saturated carbocycles. The van der Waals surface area contributed by atoms with Crippen LogP contribution in [0.1, 0.15) is 81.0 Å². The van der Waals surface area contributed by atoms with E-state index in [-0.39, 0.29) is 37.8 Å². The number of nitriles is 1. The van der Waals surface area contributed by atoms with Crippen LogP contribution in [0.3, 0.4) is 0 Å². The second-order valence-corrected chi connectivity index (χ2v) is 24.1. The van der Waals surface area contributed by atoms with Crippen molar-refractivity contribution in [3.8, 4) is 56.7 Å². The van der Waals surface area contributed by atoms with Gasteiger partial charge in [0.25, 0.3) is 0 Å². The van der Waals surface area contributed by atoms with Gasteiger partial charge >= 0.3 is 0 Å². The van der Waals surface area contributed by atoms with Crippen LogP contribution >= 0.6 is 0 Å². The van der Waals surface area contributed by atoms with Gasteiger partial charge in [-0.05, 0) is 98.9 Å². The molecule has 8 heteroatoms. The summed E-state index contributed by atoms with van der Waals surface area (Å²) in [6, 6.07) is 62.0. The molecule has 1 fully saturated rings. The Morgan fingerprint density at radius 3 is 2.10 bits per heavy atom. The molecule has 3 aromatic heterocycles. The van der Waals surface area contributed by atoms with Crippen molar-refractivity contribution in [1.29, 1.82) is 5.26 Å². The Morgan fingerprint density at radius 2 is 1.40 bits per heavy atom. The van der Waals surface area contributed by atoms with E-state index in [1.54, 1.807) is 17.3 Å². The number of fused-ring (bicyclic) bond motifs is 6. The van der Waals surface area contributed by atoms with E-state index in [1.165, 1.54) is 94.9 Å². The van der Waals surface area contributed by atoms with Crippen molar-refractivity contribution in [2.75, 3.05) is 0 Å². The molecule has 349 valence electrons. The summed E-state index contributed by atoms with van der Waals surface area (Å²) >= 11 is 0. The first-order valence-electron chi connectivity index (χ1n) is 24.4. The van der Waals surface area contributed by atoms with Gasteiger partial charge in [-0.3, -0.25) is 9.37 Å². The fraction of sp³-hybridized carbons (Fsp3) is 0.210. The molecule has 0 unspecified atom stereocenters. The van der Waals surface area contributed by atoms with E-state index in [0.29, 0.717) is 16.7 Å². The zero-order chi connectivity index (χ0) is 47.2. The Kier molecular flexibility index (Phi) is 13.1. The van der Waals surface area contributed by atoms with E-state index < -0.39 is 8.07 Å². The molecule has 70 heavy (non-hydrogen) atoms. The van der Waals surface area contributed by atoms with Crippen LogP contribution in [0.25, 0.3) is 83.6 Å². The first-order valence-corrected chi connectivity index (χ1v) is 27.1. The number of furan rings is 1.